The SMILES string of the molecule is Cc1ccc(S(=O)(=O)N=S(=O)(N[C@@H]2COc3ccccc32)c2ccc(C)cc2)cc1. The molecule has 0 saturated heterocycles. The zero-order chi connectivity index (χ0) is 21.4. The zero-order valence-electron chi connectivity index (χ0n) is 16.6. The summed E-state index contributed by atoms with van der Waals surface area (Å²) in [6.07, 6.45) is 0. The van der Waals surface area contributed by atoms with E-state index >= 15 is 0 Å². The molecule has 2 atom stereocenters. The second-order valence-corrected chi connectivity index (χ2v) is 11.0. The maximum atomic E-state index is 14.0. The van der Waals surface area contributed by atoms with E-state index < -0.39 is 26.0 Å². The van der Waals surface area contributed by atoms with Crippen LogP contribution in [0.1, 0.15) is 22.7 Å². The lowest BCUT2D eigenvalue weighted by molar-refractivity contribution is 0.326. The van der Waals surface area contributed by atoms with Crippen molar-refractivity contribution in [3.05, 3.63) is 89.5 Å². The smallest absolute Gasteiger partial charge is 0.291 e. The summed E-state index contributed by atoms with van der Waals surface area (Å²) < 4.78 is 52.6. The molecule has 0 aliphatic carbocycles. The van der Waals surface area contributed by atoms with Crippen LogP contribution in [0.25, 0.3) is 0 Å². The molecule has 1 heterocycles. The van der Waals surface area contributed by atoms with Gasteiger partial charge in [-0.05, 0) is 44.2 Å². The molecule has 3 aromatic rings. The van der Waals surface area contributed by atoms with Crippen LogP contribution in [0.4, 0.5) is 0 Å². The molecular formula is C22H22N2O4S2. The van der Waals surface area contributed by atoms with Gasteiger partial charge in [-0.1, -0.05) is 57.4 Å². The minimum atomic E-state index is -4.17. The summed E-state index contributed by atoms with van der Waals surface area (Å²) >= 11 is 0. The summed E-state index contributed by atoms with van der Waals surface area (Å²) in [5, 5.41) is 0. The second-order valence-electron chi connectivity index (χ2n) is 7.22. The number of hydrogen-bond donors (Lipinski definition) is 1. The van der Waals surface area contributed by atoms with Gasteiger partial charge in [0, 0.05) is 5.56 Å². The van der Waals surface area contributed by atoms with Crippen molar-refractivity contribution in [2.45, 2.75) is 29.7 Å². The lowest BCUT2D eigenvalue weighted by Gasteiger charge is -2.17. The molecule has 1 unspecified atom stereocenters. The third-order valence-electron chi connectivity index (χ3n) is 4.86. The van der Waals surface area contributed by atoms with Crippen LogP contribution in [0.15, 0.2) is 86.4 Å². The van der Waals surface area contributed by atoms with Crippen molar-refractivity contribution in [1.29, 1.82) is 0 Å². The lowest BCUT2D eigenvalue weighted by atomic mass is 10.1. The van der Waals surface area contributed by atoms with Crippen LogP contribution in [-0.4, -0.2) is 19.2 Å². The molecule has 0 spiro atoms. The van der Waals surface area contributed by atoms with Crippen molar-refractivity contribution in [2.24, 2.45) is 3.77 Å². The Morgan fingerprint density at radius 1 is 0.833 bits per heavy atom. The number of sulfonamides is 1. The third kappa shape index (κ3) is 4.12. The van der Waals surface area contributed by atoms with E-state index in [0.717, 1.165) is 16.7 Å². The van der Waals surface area contributed by atoms with Crippen LogP contribution in [0.5, 0.6) is 5.75 Å². The Morgan fingerprint density at radius 3 is 2.03 bits per heavy atom. The van der Waals surface area contributed by atoms with E-state index in [-0.39, 0.29) is 11.5 Å². The number of fused-ring (bicyclic) bond motifs is 1. The van der Waals surface area contributed by atoms with Crippen molar-refractivity contribution < 1.29 is 17.4 Å². The fourth-order valence-electron chi connectivity index (χ4n) is 3.20. The van der Waals surface area contributed by atoms with E-state index in [4.69, 9.17) is 4.74 Å². The zero-order valence-corrected chi connectivity index (χ0v) is 18.2. The molecule has 0 fully saturated rings. The molecule has 4 rings (SSSR count). The highest BCUT2D eigenvalue weighted by atomic mass is 32.3. The summed E-state index contributed by atoms with van der Waals surface area (Å²) in [5.41, 5.74) is 2.71. The first-order chi connectivity index (χ1) is 14.3. The van der Waals surface area contributed by atoms with Crippen LogP contribution in [-0.2, 0) is 19.9 Å². The molecule has 0 saturated carbocycles. The largest absolute Gasteiger partial charge is 0.491 e. The molecule has 1 N–H and O–H groups in total. The molecule has 0 radical (unpaired) electrons. The summed E-state index contributed by atoms with van der Waals surface area (Å²) in [7, 11) is -7.69. The Labute approximate surface area is 177 Å². The standard InChI is InChI=1S/C22H22N2O4S2/c1-16-7-11-18(12-8-16)29(25,23-21-15-28-22-6-4-3-5-20(21)22)24-30(26,27)19-13-9-17(2)10-14-19/h3-14,21H,15H2,1-2H3,(H,23,24,25)/t21-,29?/m1/s1. The summed E-state index contributed by atoms with van der Waals surface area (Å²) in [5.74, 6) is 0.682. The molecule has 30 heavy (non-hydrogen) atoms. The van der Waals surface area contributed by atoms with Crippen LogP contribution in [0.2, 0.25) is 0 Å². The van der Waals surface area contributed by atoms with E-state index in [1.54, 1.807) is 36.4 Å². The lowest BCUT2D eigenvalue weighted by Crippen LogP contribution is -2.30. The molecule has 8 heteroatoms. The van der Waals surface area contributed by atoms with Crippen molar-refractivity contribution in [2.75, 3.05) is 6.61 Å². The number of nitrogens with one attached hydrogen (secondary N) is 1. The monoisotopic (exact) mass is 442 g/mol. The molecule has 6 nitrogen and oxygen atoms in total. The van der Waals surface area contributed by atoms with Gasteiger partial charge in [-0.15, -0.1) is 0 Å². The first kappa shape index (κ1) is 20.6. The maximum Gasteiger partial charge on any atom is 0.291 e. The van der Waals surface area contributed by atoms with Crippen molar-refractivity contribution in [3.8, 4) is 5.75 Å². The van der Waals surface area contributed by atoms with Gasteiger partial charge in [0.15, 0.2) is 9.92 Å². The quantitative estimate of drug-likeness (QED) is 0.643. The topological polar surface area (TPSA) is 84.8 Å². The predicted octanol–water partition coefficient (Wildman–Crippen LogP) is 4.16. The molecule has 0 amide bonds. The molecule has 0 aromatic heterocycles. The van der Waals surface area contributed by atoms with Gasteiger partial charge in [-0.3, -0.25) is 0 Å². The van der Waals surface area contributed by atoms with Crippen LogP contribution in [0.3, 0.4) is 0 Å². The Morgan fingerprint density at radius 2 is 1.40 bits per heavy atom. The maximum absolute atomic E-state index is 14.0. The van der Waals surface area contributed by atoms with Gasteiger partial charge < -0.3 is 4.74 Å². The fraction of sp³-hybridized carbons (Fsp3) is 0.182. The Kier molecular flexibility index (Phi) is 5.40. The average Bonchev–Trinajstić information content (AvgIpc) is 3.11. The molecule has 3 aromatic carbocycles. The molecular weight excluding hydrogens is 420 g/mol. The number of hydrogen-bond acceptors (Lipinski definition) is 4. The van der Waals surface area contributed by atoms with Gasteiger partial charge in [-0.2, -0.15) is 8.42 Å². The second kappa shape index (κ2) is 7.86. The Bertz CT molecular complexity index is 1290. The van der Waals surface area contributed by atoms with Crippen LogP contribution in [0, 0.1) is 13.8 Å². The number of para-hydroxylation sites is 1. The van der Waals surface area contributed by atoms with Gasteiger partial charge >= 0.3 is 0 Å². The third-order valence-corrected chi connectivity index (χ3v) is 8.87. The van der Waals surface area contributed by atoms with Gasteiger partial charge in [0.25, 0.3) is 10.0 Å². The molecule has 1 aliphatic rings. The van der Waals surface area contributed by atoms with E-state index in [0.29, 0.717) is 10.6 Å². The van der Waals surface area contributed by atoms with Crippen molar-refractivity contribution in [3.63, 3.8) is 0 Å². The highest BCUT2D eigenvalue weighted by Gasteiger charge is 2.29. The van der Waals surface area contributed by atoms with E-state index in [1.165, 1.54) is 12.1 Å². The highest BCUT2D eigenvalue weighted by Crippen LogP contribution is 2.33. The molecule has 1 aliphatic heterocycles. The van der Waals surface area contributed by atoms with Crippen LogP contribution >= 0.6 is 0 Å². The average molecular weight is 443 g/mol. The fourth-order valence-corrected chi connectivity index (χ4v) is 6.87. The van der Waals surface area contributed by atoms with Gasteiger partial charge in [0.1, 0.15) is 12.4 Å². The van der Waals surface area contributed by atoms with Gasteiger partial charge in [-0.25, -0.2) is 8.93 Å². The number of benzene rings is 3. The molecule has 0 bridgehead atoms. The van der Waals surface area contributed by atoms with E-state index in [9.17, 15) is 12.6 Å². The summed E-state index contributed by atoms with van der Waals surface area (Å²) in [6, 6.07) is 20.1. The van der Waals surface area contributed by atoms with Crippen LogP contribution < -0.4 is 9.46 Å². The highest BCUT2D eigenvalue weighted by molar-refractivity contribution is 8.02. The summed E-state index contributed by atoms with van der Waals surface area (Å²) in [4.78, 5) is 0.297. The van der Waals surface area contributed by atoms with Crippen molar-refractivity contribution >= 4 is 19.9 Å². The first-order valence-corrected chi connectivity index (χ1v) is 12.4. The normalized spacial score (nSPS) is 17.6. The van der Waals surface area contributed by atoms with Gasteiger partial charge in [0.2, 0.25) is 0 Å². The predicted molar refractivity (Wildman–Crippen MR) is 116 cm³/mol. The number of nitrogens with zero attached hydrogens (tertiary/aromatic N) is 1. The van der Waals surface area contributed by atoms with E-state index in [2.05, 4.69) is 8.49 Å². The Hall–Kier alpha value is -2.68. The van der Waals surface area contributed by atoms with E-state index in [1.807, 2.05) is 38.1 Å². The number of rotatable bonds is 5. The van der Waals surface area contributed by atoms with Crippen molar-refractivity contribution in [1.82, 2.24) is 4.72 Å². The number of ether oxygens (including phenoxy) is 1. The number of aryl methyl sites for hydroxylation is 2. The molecule has 156 valence electrons. The summed E-state index contributed by atoms with van der Waals surface area (Å²) in [6.45, 7) is 4.00. The Balaban J connectivity index is 1.82. The minimum Gasteiger partial charge on any atom is -0.491 e. The minimum absolute atomic E-state index is 0.00203. The first-order valence-electron chi connectivity index (χ1n) is 9.43. The van der Waals surface area contributed by atoms with Gasteiger partial charge in [0.05, 0.1) is 15.8 Å².